The molecule has 2 rings (SSSR count). The van der Waals surface area contributed by atoms with Crippen LogP contribution in [0.25, 0.3) is 0 Å². The highest BCUT2D eigenvalue weighted by Gasteiger charge is 2.01. The molecule has 0 fully saturated rings. The largest absolute Gasteiger partial charge is 0.338 e. The number of imidazole rings is 1. The van der Waals surface area contributed by atoms with Gasteiger partial charge in [-0.2, -0.15) is 0 Å². The predicted octanol–water partition coefficient (Wildman–Crippen LogP) is 2.35. The fraction of sp³-hybridized carbons (Fsp3) is 0.250. The lowest BCUT2D eigenvalue weighted by atomic mass is 10.1. The second-order valence-corrected chi connectivity index (χ2v) is 3.10. The van der Waals surface area contributed by atoms with Crippen LogP contribution >= 0.6 is 0 Å². The maximum Gasteiger partial charge on any atom is 0.123 e. The van der Waals surface area contributed by atoms with Gasteiger partial charge in [0.05, 0.1) is 11.9 Å². The Balaban J connectivity index is 0.000000606. The Bertz CT molecular complexity index is 437. The van der Waals surface area contributed by atoms with E-state index in [4.69, 9.17) is 5.84 Å². The van der Waals surface area contributed by atoms with Crippen molar-refractivity contribution in [2.24, 2.45) is 0 Å². The van der Waals surface area contributed by atoms with Gasteiger partial charge in [-0.25, -0.2) is 9.37 Å². The average Bonchev–Trinajstić information content (AvgIpc) is 2.68. The molecule has 0 saturated heterocycles. The van der Waals surface area contributed by atoms with Crippen molar-refractivity contribution >= 4 is 0 Å². The summed E-state index contributed by atoms with van der Waals surface area (Å²) in [5.74, 6) is 5.36. The number of aromatic nitrogens is 2. The van der Waals surface area contributed by atoms with Gasteiger partial charge in [-0.3, -0.25) is 4.68 Å². The number of nitrogen functional groups attached to an aromatic ring is 1. The molecule has 0 saturated carbocycles. The van der Waals surface area contributed by atoms with Crippen LogP contribution in [-0.2, 0) is 6.42 Å². The molecule has 0 aliphatic carbocycles. The molecule has 3 nitrogen and oxygen atoms in total. The van der Waals surface area contributed by atoms with E-state index in [9.17, 15) is 4.39 Å². The van der Waals surface area contributed by atoms with Crippen molar-refractivity contribution in [1.29, 1.82) is 0 Å². The summed E-state index contributed by atoms with van der Waals surface area (Å²) in [5, 5.41) is 0. The lowest BCUT2D eigenvalue weighted by molar-refractivity contribution is 0.626. The Morgan fingerprint density at radius 1 is 1.38 bits per heavy atom. The highest BCUT2D eigenvalue weighted by Crippen LogP contribution is 2.08. The van der Waals surface area contributed by atoms with Gasteiger partial charge in [0.1, 0.15) is 12.1 Å². The van der Waals surface area contributed by atoms with Gasteiger partial charge < -0.3 is 5.84 Å². The fourth-order valence-electron chi connectivity index (χ4n) is 1.33. The van der Waals surface area contributed by atoms with Crippen LogP contribution < -0.4 is 5.84 Å². The molecular weight excluding hydrogens is 205 g/mol. The highest BCUT2D eigenvalue weighted by atomic mass is 19.1. The number of hydrogen-bond donors (Lipinski definition) is 1. The zero-order chi connectivity index (χ0) is 12.0. The summed E-state index contributed by atoms with van der Waals surface area (Å²) in [5.41, 5.74) is 1.74. The minimum absolute atomic E-state index is 0.231. The number of halogens is 1. The Morgan fingerprint density at radius 2 is 2.12 bits per heavy atom. The normalized spacial score (nSPS) is 9.44. The van der Waals surface area contributed by atoms with E-state index in [0.717, 1.165) is 11.3 Å². The number of nitrogens with two attached hydrogens (primary N) is 1. The Kier molecular flexibility index (Phi) is 4.51. The van der Waals surface area contributed by atoms with Crippen LogP contribution in [0.2, 0.25) is 0 Å². The minimum Gasteiger partial charge on any atom is -0.338 e. The molecule has 16 heavy (non-hydrogen) atoms. The Morgan fingerprint density at radius 3 is 2.69 bits per heavy atom. The van der Waals surface area contributed by atoms with Gasteiger partial charge in [0.15, 0.2) is 0 Å². The average molecular weight is 221 g/mol. The Hall–Kier alpha value is -1.84. The van der Waals surface area contributed by atoms with E-state index in [2.05, 4.69) is 4.98 Å². The van der Waals surface area contributed by atoms with Crippen LogP contribution in [0.3, 0.4) is 0 Å². The molecule has 2 aromatic rings. The van der Waals surface area contributed by atoms with Gasteiger partial charge in [0.2, 0.25) is 0 Å². The molecule has 0 aliphatic heterocycles. The molecule has 1 aromatic carbocycles. The third kappa shape index (κ3) is 3.08. The summed E-state index contributed by atoms with van der Waals surface area (Å²) in [7, 11) is 0. The van der Waals surface area contributed by atoms with E-state index in [1.54, 1.807) is 12.3 Å². The van der Waals surface area contributed by atoms with Crippen LogP contribution in [-0.4, -0.2) is 9.66 Å². The van der Waals surface area contributed by atoms with E-state index in [1.165, 1.54) is 23.1 Å². The predicted molar refractivity (Wildman–Crippen MR) is 62.9 cm³/mol. The molecule has 2 N–H and O–H groups in total. The Labute approximate surface area is 94.7 Å². The van der Waals surface area contributed by atoms with Crippen LogP contribution in [0.5, 0.6) is 0 Å². The number of nitrogens with zero attached hydrogens (tertiary/aromatic N) is 2. The van der Waals surface area contributed by atoms with Gasteiger partial charge in [0.25, 0.3) is 0 Å². The second-order valence-electron chi connectivity index (χ2n) is 3.10. The van der Waals surface area contributed by atoms with Crippen LogP contribution in [0, 0.1) is 5.82 Å². The first-order valence-corrected chi connectivity index (χ1v) is 5.26. The van der Waals surface area contributed by atoms with Crippen molar-refractivity contribution in [3.05, 3.63) is 53.9 Å². The lowest BCUT2D eigenvalue weighted by Crippen LogP contribution is -2.10. The molecule has 4 heteroatoms. The van der Waals surface area contributed by atoms with Crippen molar-refractivity contribution in [1.82, 2.24) is 9.66 Å². The number of benzene rings is 1. The number of hydrogen-bond acceptors (Lipinski definition) is 2. The topological polar surface area (TPSA) is 43.8 Å². The quantitative estimate of drug-likeness (QED) is 0.791. The zero-order valence-electron chi connectivity index (χ0n) is 9.52. The third-order valence-electron chi connectivity index (χ3n) is 2.02. The molecular formula is C12H16FN3. The zero-order valence-corrected chi connectivity index (χ0v) is 9.52. The van der Waals surface area contributed by atoms with Crippen LogP contribution in [0.1, 0.15) is 25.1 Å². The van der Waals surface area contributed by atoms with E-state index in [0.29, 0.717) is 6.42 Å². The van der Waals surface area contributed by atoms with Gasteiger partial charge >= 0.3 is 0 Å². The van der Waals surface area contributed by atoms with E-state index >= 15 is 0 Å². The second kappa shape index (κ2) is 5.90. The molecule has 0 atom stereocenters. The molecule has 0 amide bonds. The van der Waals surface area contributed by atoms with E-state index < -0.39 is 0 Å². The smallest absolute Gasteiger partial charge is 0.123 e. The summed E-state index contributed by atoms with van der Waals surface area (Å²) in [4.78, 5) is 3.88. The lowest BCUT2D eigenvalue weighted by Gasteiger charge is -2.01. The van der Waals surface area contributed by atoms with Crippen molar-refractivity contribution < 1.29 is 4.39 Å². The molecule has 1 aromatic heterocycles. The molecule has 1 heterocycles. The first-order valence-electron chi connectivity index (χ1n) is 5.26. The molecule has 0 spiro atoms. The van der Waals surface area contributed by atoms with Gasteiger partial charge in [0, 0.05) is 6.42 Å². The summed E-state index contributed by atoms with van der Waals surface area (Å²) < 4.78 is 14.3. The van der Waals surface area contributed by atoms with Crippen molar-refractivity contribution in [3.63, 3.8) is 0 Å². The van der Waals surface area contributed by atoms with Crippen molar-refractivity contribution in [2.75, 3.05) is 5.84 Å². The summed E-state index contributed by atoms with van der Waals surface area (Å²) >= 11 is 0. The number of rotatable bonds is 2. The molecule has 0 aliphatic rings. The first-order chi connectivity index (χ1) is 7.75. The van der Waals surface area contributed by atoms with Crippen LogP contribution in [0.4, 0.5) is 4.39 Å². The van der Waals surface area contributed by atoms with E-state index in [-0.39, 0.29) is 5.82 Å². The van der Waals surface area contributed by atoms with Crippen molar-refractivity contribution in [3.8, 4) is 0 Å². The molecule has 0 unspecified atom stereocenters. The summed E-state index contributed by atoms with van der Waals surface area (Å²) in [6.07, 6.45) is 3.79. The third-order valence-corrected chi connectivity index (χ3v) is 2.02. The fourth-order valence-corrected chi connectivity index (χ4v) is 1.33. The maximum absolute atomic E-state index is 12.8. The monoisotopic (exact) mass is 221 g/mol. The van der Waals surface area contributed by atoms with Crippen molar-refractivity contribution in [2.45, 2.75) is 20.3 Å². The standard InChI is InChI=1S/C10H10FN3.C2H6/c11-9-3-1-2-8(4-9)5-10-6-13-7-14(10)12;1-2/h1-4,6-7H,5,12H2;1-2H3. The molecule has 0 bridgehead atoms. The molecule has 0 radical (unpaired) electrons. The van der Waals surface area contributed by atoms with Gasteiger partial charge in [-0.15, -0.1) is 0 Å². The van der Waals surface area contributed by atoms with Crippen LogP contribution in [0.15, 0.2) is 36.8 Å². The highest BCUT2D eigenvalue weighted by molar-refractivity contribution is 5.21. The molecule has 86 valence electrons. The first kappa shape index (κ1) is 12.2. The van der Waals surface area contributed by atoms with Gasteiger partial charge in [-0.1, -0.05) is 26.0 Å². The summed E-state index contributed by atoms with van der Waals surface area (Å²) in [6, 6.07) is 6.45. The SMILES string of the molecule is CC.Nn1cncc1Cc1cccc(F)c1. The van der Waals surface area contributed by atoms with E-state index in [1.807, 2.05) is 19.9 Å². The van der Waals surface area contributed by atoms with Gasteiger partial charge in [-0.05, 0) is 17.7 Å². The summed E-state index contributed by atoms with van der Waals surface area (Å²) in [6.45, 7) is 4.00. The maximum atomic E-state index is 12.8. The minimum atomic E-state index is -0.231.